The Labute approximate surface area is 155 Å². The van der Waals surface area contributed by atoms with Gasteiger partial charge in [0, 0.05) is 11.4 Å². The third kappa shape index (κ3) is 3.57. The van der Waals surface area contributed by atoms with E-state index in [1.165, 1.54) is 6.26 Å². The molecule has 0 aliphatic heterocycles. The maximum atomic E-state index is 12.2. The summed E-state index contributed by atoms with van der Waals surface area (Å²) in [6.45, 7) is 2.01. The van der Waals surface area contributed by atoms with Crippen LogP contribution in [-0.2, 0) is 11.2 Å². The van der Waals surface area contributed by atoms with Gasteiger partial charge in [-0.1, -0.05) is 29.8 Å². The number of rotatable bonds is 4. The van der Waals surface area contributed by atoms with Crippen LogP contribution in [0.1, 0.15) is 46.5 Å². The van der Waals surface area contributed by atoms with Crippen LogP contribution in [0, 0.1) is 0 Å². The van der Waals surface area contributed by atoms with Crippen molar-refractivity contribution >= 4 is 29.2 Å². The first-order valence-corrected chi connectivity index (χ1v) is 8.56. The maximum absolute atomic E-state index is 12.2. The first-order chi connectivity index (χ1) is 12.5. The fourth-order valence-corrected chi connectivity index (χ4v) is 3.38. The zero-order valence-electron chi connectivity index (χ0n) is 14.2. The lowest BCUT2D eigenvalue weighted by Gasteiger charge is -2.24. The van der Waals surface area contributed by atoms with Crippen LogP contribution in [0.15, 0.2) is 45.1 Å². The number of furan rings is 1. The molecule has 1 heterocycles. The van der Waals surface area contributed by atoms with Gasteiger partial charge in [0.15, 0.2) is 0 Å². The number of carbonyl (C=O) groups is 1. The molecule has 4 N–H and O–H groups in total. The molecule has 0 saturated heterocycles. The van der Waals surface area contributed by atoms with Crippen molar-refractivity contribution < 1.29 is 13.9 Å². The summed E-state index contributed by atoms with van der Waals surface area (Å²) in [5.41, 5.74) is 13.3. The number of hydrogen-bond donors (Lipinski definition) is 2. The molecule has 0 radical (unpaired) electrons. The van der Waals surface area contributed by atoms with Crippen LogP contribution in [0.25, 0.3) is 0 Å². The molecule has 1 aliphatic carbocycles. The summed E-state index contributed by atoms with van der Waals surface area (Å²) in [6, 6.07) is 7.60. The van der Waals surface area contributed by atoms with Gasteiger partial charge in [-0.25, -0.2) is 4.79 Å². The van der Waals surface area contributed by atoms with Crippen molar-refractivity contribution in [2.75, 3.05) is 6.61 Å². The lowest BCUT2D eigenvalue weighted by atomic mass is 9.81. The standard InChI is InChI=1S/C18H19ClN4O3/c1-2-25-17(24)12-9-26-15-8-10(11-5-3-4-6-13(11)19)7-14(16(12)15)22-23-18(20)21/h3-6,9-10H,2,7-8H2,1H3,(H4,20,21,23). The van der Waals surface area contributed by atoms with Crippen LogP contribution in [0.3, 0.4) is 0 Å². The van der Waals surface area contributed by atoms with Gasteiger partial charge >= 0.3 is 5.97 Å². The number of guanidine groups is 1. The van der Waals surface area contributed by atoms with Crippen molar-refractivity contribution in [2.24, 2.45) is 21.7 Å². The van der Waals surface area contributed by atoms with E-state index in [-0.39, 0.29) is 18.5 Å². The number of carbonyl (C=O) groups excluding carboxylic acids is 1. The van der Waals surface area contributed by atoms with Gasteiger partial charge in [-0.2, -0.15) is 5.10 Å². The molecule has 0 bridgehead atoms. The number of nitrogens with zero attached hydrogens (tertiary/aromatic N) is 2. The second kappa shape index (κ2) is 7.61. The summed E-state index contributed by atoms with van der Waals surface area (Å²) in [4.78, 5) is 12.2. The normalized spacial score (nSPS) is 17.6. The summed E-state index contributed by atoms with van der Waals surface area (Å²) < 4.78 is 10.7. The Kier molecular flexibility index (Phi) is 5.27. The van der Waals surface area contributed by atoms with Crippen molar-refractivity contribution in [3.8, 4) is 0 Å². The quantitative estimate of drug-likeness (QED) is 0.369. The molecule has 26 heavy (non-hydrogen) atoms. The summed E-state index contributed by atoms with van der Waals surface area (Å²) in [7, 11) is 0. The molecule has 0 fully saturated rings. The van der Waals surface area contributed by atoms with E-state index < -0.39 is 5.97 Å². The fourth-order valence-electron chi connectivity index (χ4n) is 3.09. The van der Waals surface area contributed by atoms with Crippen molar-refractivity contribution in [2.45, 2.75) is 25.7 Å². The molecule has 3 rings (SSSR count). The average molecular weight is 375 g/mol. The van der Waals surface area contributed by atoms with Crippen LogP contribution in [0.5, 0.6) is 0 Å². The highest BCUT2D eigenvalue weighted by molar-refractivity contribution is 6.31. The molecule has 1 atom stereocenters. The van der Waals surface area contributed by atoms with E-state index in [0.29, 0.717) is 40.5 Å². The Morgan fingerprint density at radius 1 is 1.35 bits per heavy atom. The van der Waals surface area contributed by atoms with Gasteiger partial charge in [-0.05, 0) is 30.9 Å². The highest BCUT2D eigenvalue weighted by Crippen LogP contribution is 2.38. The first-order valence-electron chi connectivity index (χ1n) is 8.19. The third-order valence-corrected chi connectivity index (χ3v) is 4.50. The molecule has 8 heteroatoms. The molecular weight excluding hydrogens is 356 g/mol. The van der Waals surface area contributed by atoms with Gasteiger partial charge in [0.25, 0.3) is 0 Å². The molecule has 0 spiro atoms. The molecule has 0 amide bonds. The maximum Gasteiger partial charge on any atom is 0.342 e. The van der Waals surface area contributed by atoms with Crippen LogP contribution in [0.4, 0.5) is 0 Å². The SMILES string of the molecule is CCOC(=O)c1coc2c1C(=NN=C(N)N)CC(c1ccccc1Cl)C2. The van der Waals surface area contributed by atoms with Crippen LogP contribution < -0.4 is 11.5 Å². The lowest BCUT2D eigenvalue weighted by Crippen LogP contribution is -2.24. The lowest BCUT2D eigenvalue weighted by molar-refractivity contribution is 0.0525. The van der Waals surface area contributed by atoms with Crippen molar-refractivity contribution in [3.63, 3.8) is 0 Å². The molecule has 2 aromatic rings. The van der Waals surface area contributed by atoms with Crippen LogP contribution in [-0.4, -0.2) is 24.2 Å². The van der Waals surface area contributed by atoms with Gasteiger partial charge in [0.05, 0.1) is 17.9 Å². The predicted molar refractivity (Wildman–Crippen MR) is 99.5 cm³/mol. The Hall–Kier alpha value is -2.80. The van der Waals surface area contributed by atoms with Crippen molar-refractivity contribution in [3.05, 3.63) is 58.0 Å². The van der Waals surface area contributed by atoms with Crippen molar-refractivity contribution in [1.82, 2.24) is 0 Å². The number of ether oxygens (including phenoxy) is 1. The fraction of sp³-hybridized carbons (Fsp3) is 0.278. The number of benzene rings is 1. The van der Waals surface area contributed by atoms with E-state index in [1.54, 1.807) is 6.92 Å². The molecule has 1 aromatic carbocycles. The molecule has 7 nitrogen and oxygen atoms in total. The minimum absolute atomic E-state index is 0.0327. The predicted octanol–water partition coefficient (Wildman–Crippen LogP) is 2.82. The van der Waals surface area contributed by atoms with Gasteiger partial charge in [-0.3, -0.25) is 0 Å². The summed E-state index contributed by atoms with van der Waals surface area (Å²) in [6.07, 6.45) is 2.49. The Bertz CT molecular complexity index is 884. The first kappa shape index (κ1) is 18.0. The molecule has 1 unspecified atom stereocenters. The topological polar surface area (TPSA) is 116 Å². The van der Waals surface area contributed by atoms with Gasteiger partial charge in [0.2, 0.25) is 5.96 Å². The summed E-state index contributed by atoms with van der Waals surface area (Å²) in [5.74, 6) is 0.0327. The second-order valence-electron chi connectivity index (χ2n) is 5.87. The third-order valence-electron chi connectivity index (χ3n) is 4.15. The molecule has 1 aromatic heterocycles. The Morgan fingerprint density at radius 2 is 2.12 bits per heavy atom. The smallest absolute Gasteiger partial charge is 0.342 e. The van der Waals surface area contributed by atoms with Gasteiger partial charge < -0.3 is 20.6 Å². The van der Waals surface area contributed by atoms with Crippen LogP contribution >= 0.6 is 11.6 Å². The average Bonchev–Trinajstić information content (AvgIpc) is 3.04. The number of halogens is 1. The van der Waals surface area contributed by atoms with Gasteiger partial charge in [-0.15, -0.1) is 5.10 Å². The van der Waals surface area contributed by atoms with E-state index in [0.717, 1.165) is 5.56 Å². The highest BCUT2D eigenvalue weighted by atomic mass is 35.5. The van der Waals surface area contributed by atoms with E-state index >= 15 is 0 Å². The minimum Gasteiger partial charge on any atom is -0.468 e. The van der Waals surface area contributed by atoms with Crippen molar-refractivity contribution in [1.29, 1.82) is 0 Å². The second-order valence-corrected chi connectivity index (χ2v) is 6.27. The number of fused-ring (bicyclic) bond motifs is 1. The van der Waals surface area contributed by atoms with E-state index in [9.17, 15) is 4.79 Å². The monoisotopic (exact) mass is 374 g/mol. The Morgan fingerprint density at radius 3 is 2.81 bits per heavy atom. The molecule has 136 valence electrons. The molecule has 0 saturated carbocycles. The van der Waals surface area contributed by atoms with Crippen LogP contribution in [0.2, 0.25) is 5.02 Å². The Balaban J connectivity index is 2.06. The number of esters is 1. The molecule has 1 aliphatic rings. The number of hydrogen-bond acceptors (Lipinski definition) is 5. The number of nitrogens with two attached hydrogens (primary N) is 2. The molecular formula is C18H19ClN4O3. The van der Waals surface area contributed by atoms with E-state index in [4.69, 9.17) is 32.2 Å². The minimum atomic E-state index is -0.467. The zero-order chi connectivity index (χ0) is 18.7. The summed E-state index contributed by atoms with van der Waals surface area (Å²) in [5, 5.41) is 8.57. The van der Waals surface area contributed by atoms with E-state index in [2.05, 4.69) is 10.2 Å². The largest absolute Gasteiger partial charge is 0.468 e. The van der Waals surface area contributed by atoms with E-state index in [1.807, 2.05) is 24.3 Å². The summed E-state index contributed by atoms with van der Waals surface area (Å²) >= 11 is 6.34. The zero-order valence-corrected chi connectivity index (χ0v) is 15.0. The van der Waals surface area contributed by atoms with Gasteiger partial charge in [0.1, 0.15) is 17.6 Å². The highest BCUT2D eigenvalue weighted by Gasteiger charge is 2.33.